The minimum Gasteiger partial charge on any atom is -0.396 e. The Morgan fingerprint density at radius 2 is 2.17 bits per heavy atom. The maximum Gasteiger partial charge on any atom is 0.432 e. The predicted octanol–water partition coefficient (Wildman–Crippen LogP) is 0.963. The molecule has 6 heteroatoms. The molecule has 0 aliphatic heterocycles. The number of nitrogens with zero attached hydrogens (tertiary/aromatic N) is 1. The molecule has 0 spiro atoms. The summed E-state index contributed by atoms with van der Waals surface area (Å²) in [6.45, 7) is -0.217. The van der Waals surface area contributed by atoms with E-state index in [2.05, 4.69) is 9.97 Å². The zero-order valence-electron chi connectivity index (χ0n) is 6.02. The van der Waals surface area contributed by atoms with Crippen molar-refractivity contribution in [2.24, 2.45) is 0 Å². The Morgan fingerprint density at radius 3 is 2.58 bits per heavy atom. The van der Waals surface area contributed by atoms with E-state index < -0.39 is 11.9 Å². The number of hydrogen-bond acceptors (Lipinski definition) is 2. The van der Waals surface area contributed by atoms with Gasteiger partial charge in [0.2, 0.25) is 0 Å². The lowest BCUT2D eigenvalue weighted by atomic mass is 10.4. The molecule has 68 valence electrons. The van der Waals surface area contributed by atoms with Crippen molar-refractivity contribution in [2.75, 3.05) is 6.61 Å². The van der Waals surface area contributed by atoms with Crippen LogP contribution in [0.2, 0.25) is 0 Å². The highest BCUT2D eigenvalue weighted by molar-refractivity contribution is 5.04. The average Bonchev–Trinajstić information content (AvgIpc) is 2.35. The van der Waals surface area contributed by atoms with Crippen molar-refractivity contribution in [1.29, 1.82) is 0 Å². The van der Waals surface area contributed by atoms with Crippen molar-refractivity contribution in [1.82, 2.24) is 9.97 Å². The van der Waals surface area contributed by atoms with E-state index in [9.17, 15) is 13.2 Å². The molecule has 0 saturated carbocycles. The Balaban J connectivity index is 2.77. The topological polar surface area (TPSA) is 48.9 Å². The van der Waals surface area contributed by atoms with Crippen LogP contribution in [0.1, 0.15) is 11.5 Å². The van der Waals surface area contributed by atoms with Crippen LogP contribution in [0.4, 0.5) is 13.2 Å². The van der Waals surface area contributed by atoms with Gasteiger partial charge in [0, 0.05) is 6.42 Å². The normalized spacial score (nSPS) is 12.0. The van der Waals surface area contributed by atoms with Gasteiger partial charge in [-0.05, 0) is 0 Å². The second-order valence-electron chi connectivity index (χ2n) is 2.21. The first-order valence-electron chi connectivity index (χ1n) is 3.26. The van der Waals surface area contributed by atoms with Gasteiger partial charge in [-0.1, -0.05) is 0 Å². The molecule has 0 aliphatic rings. The SMILES string of the molecule is OCCc1ncc(C(F)(F)F)[nH]1. The van der Waals surface area contributed by atoms with Gasteiger partial charge in [-0.25, -0.2) is 4.98 Å². The van der Waals surface area contributed by atoms with Gasteiger partial charge in [-0.15, -0.1) is 0 Å². The molecular weight excluding hydrogens is 173 g/mol. The predicted molar refractivity (Wildman–Crippen MR) is 34.4 cm³/mol. The minimum absolute atomic E-state index is 0.107. The van der Waals surface area contributed by atoms with Crippen LogP contribution in [0.5, 0.6) is 0 Å². The molecule has 12 heavy (non-hydrogen) atoms. The fourth-order valence-corrected chi connectivity index (χ4v) is 0.739. The van der Waals surface area contributed by atoms with Gasteiger partial charge in [0.05, 0.1) is 12.8 Å². The second-order valence-corrected chi connectivity index (χ2v) is 2.21. The molecule has 0 atom stereocenters. The molecule has 0 amide bonds. The summed E-state index contributed by atoms with van der Waals surface area (Å²) in [5, 5.41) is 8.39. The number of aromatic amines is 1. The van der Waals surface area contributed by atoms with E-state index in [0.717, 1.165) is 0 Å². The van der Waals surface area contributed by atoms with Crippen LogP contribution in [0.15, 0.2) is 6.20 Å². The smallest absolute Gasteiger partial charge is 0.396 e. The Morgan fingerprint density at radius 1 is 1.50 bits per heavy atom. The van der Waals surface area contributed by atoms with Crippen LogP contribution in [0.3, 0.4) is 0 Å². The third-order valence-electron chi connectivity index (χ3n) is 1.28. The highest BCUT2D eigenvalue weighted by atomic mass is 19.4. The summed E-state index contributed by atoms with van der Waals surface area (Å²) in [4.78, 5) is 5.49. The first kappa shape index (κ1) is 9.05. The fraction of sp³-hybridized carbons (Fsp3) is 0.500. The Hall–Kier alpha value is -1.04. The number of aliphatic hydroxyl groups excluding tert-OH is 1. The quantitative estimate of drug-likeness (QED) is 0.712. The first-order chi connectivity index (χ1) is 5.54. The van der Waals surface area contributed by atoms with Gasteiger partial charge in [-0.2, -0.15) is 13.2 Å². The van der Waals surface area contributed by atoms with Crippen molar-refractivity contribution >= 4 is 0 Å². The van der Waals surface area contributed by atoms with Crippen LogP contribution < -0.4 is 0 Å². The molecule has 0 aromatic carbocycles. The third-order valence-corrected chi connectivity index (χ3v) is 1.28. The number of H-pyrrole nitrogens is 1. The molecular formula is C6H7F3N2O. The summed E-state index contributed by atoms with van der Waals surface area (Å²) in [6, 6.07) is 0. The number of halogens is 3. The van der Waals surface area contributed by atoms with Gasteiger partial charge in [0.1, 0.15) is 11.5 Å². The van der Waals surface area contributed by atoms with Crippen LogP contribution in [0, 0.1) is 0 Å². The van der Waals surface area contributed by atoms with E-state index in [-0.39, 0.29) is 18.9 Å². The summed E-state index contributed by atoms with van der Waals surface area (Å²) in [5.74, 6) is 0.143. The lowest BCUT2D eigenvalue weighted by molar-refractivity contribution is -0.140. The summed E-state index contributed by atoms with van der Waals surface area (Å²) in [7, 11) is 0. The molecule has 0 unspecified atom stereocenters. The number of imidazole rings is 1. The van der Waals surface area contributed by atoms with Crippen molar-refractivity contribution in [3.63, 3.8) is 0 Å². The zero-order valence-corrected chi connectivity index (χ0v) is 6.02. The molecule has 2 N–H and O–H groups in total. The molecule has 0 bridgehead atoms. The maximum absolute atomic E-state index is 11.9. The molecule has 1 heterocycles. The Labute approximate surface area is 66.2 Å². The summed E-state index contributed by atoms with van der Waals surface area (Å²) >= 11 is 0. The van der Waals surface area contributed by atoms with Gasteiger partial charge in [0.15, 0.2) is 0 Å². The number of alkyl halides is 3. The lowest BCUT2D eigenvalue weighted by Gasteiger charge is -2.00. The van der Waals surface area contributed by atoms with Gasteiger partial charge in [-0.3, -0.25) is 0 Å². The average molecular weight is 180 g/mol. The summed E-state index contributed by atoms with van der Waals surface area (Å²) < 4.78 is 35.7. The van der Waals surface area contributed by atoms with Crippen molar-refractivity contribution < 1.29 is 18.3 Å². The first-order valence-corrected chi connectivity index (χ1v) is 3.26. The lowest BCUT2D eigenvalue weighted by Crippen LogP contribution is -2.05. The second kappa shape index (κ2) is 3.14. The van der Waals surface area contributed by atoms with Gasteiger partial charge < -0.3 is 10.1 Å². The fourth-order valence-electron chi connectivity index (χ4n) is 0.739. The van der Waals surface area contributed by atoms with E-state index in [1.54, 1.807) is 0 Å². The zero-order chi connectivity index (χ0) is 9.19. The standard InChI is InChI=1S/C6H7F3N2O/c7-6(8,9)4-3-10-5(11-4)1-2-12/h3,12H,1-2H2,(H,10,11). The minimum atomic E-state index is -4.39. The van der Waals surface area contributed by atoms with Crippen LogP contribution in [0.25, 0.3) is 0 Å². The molecule has 1 aromatic heterocycles. The monoisotopic (exact) mass is 180 g/mol. The van der Waals surface area contributed by atoms with E-state index in [0.29, 0.717) is 6.20 Å². The molecule has 0 aliphatic carbocycles. The number of nitrogens with one attached hydrogen (secondary N) is 1. The Bertz CT molecular complexity index is 256. The number of hydrogen-bond donors (Lipinski definition) is 2. The molecule has 0 radical (unpaired) electrons. The summed E-state index contributed by atoms with van der Waals surface area (Å²) in [5.41, 5.74) is -0.883. The van der Waals surface area contributed by atoms with Crippen LogP contribution in [-0.2, 0) is 12.6 Å². The summed E-state index contributed by atoms with van der Waals surface area (Å²) in [6.07, 6.45) is -3.57. The van der Waals surface area contributed by atoms with E-state index in [4.69, 9.17) is 5.11 Å². The number of rotatable bonds is 2. The highest BCUT2D eigenvalue weighted by Crippen LogP contribution is 2.27. The third kappa shape index (κ3) is 1.97. The Kier molecular flexibility index (Phi) is 2.37. The van der Waals surface area contributed by atoms with Crippen LogP contribution >= 0.6 is 0 Å². The number of aliphatic hydroxyl groups is 1. The van der Waals surface area contributed by atoms with E-state index >= 15 is 0 Å². The molecule has 3 nitrogen and oxygen atoms in total. The van der Waals surface area contributed by atoms with Gasteiger partial charge >= 0.3 is 6.18 Å². The van der Waals surface area contributed by atoms with Crippen molar-refractivity contribution in [3.05, 3.63) is 17.7 Å². The van der Waals surface area contributed by atoms with Crippen molar-refractivity contribution in [2.45, 2.75) is 12.6 Å². The van der Waals surface area contributed by atoms with E-state index in [1.165, 1.54) is 0 Å². The van der Waals surface area contributed by atoms with Gasteiger partial charge in [0.25, 0.3) is 0 Å². The molecule has 1 rings (SSSR count). The molecule has 0 fully saturated rings. The van der Waals surface area contributed by atoms with Crippen molar-refractivity contribution in [3.8, 4) is 0 Å². The highest BCUT2D eigenvalue weighted by Gasteiger charge is 2.32. The number of aromatic nitrogens is 2. The largest absolute Gasteiger partial charge is 0.432 e. The van der Waals surface area contributed by atoms with E-state index in [1.807, 2.05) is 0 Å². The molecule has 1 aromatic rings. The molecule has 0 saturated heterocycles. The maximum atomic E-state index is 11.9. The van der Waals surface area contributed by atoms with Crippen LogP contribution in [-0.4, -0.2) is 21.7 Å².